The number of aromatic hydroxyl groups is 2. The van der Waals surface area contributed by atoms with Gasteiger partial charge in [-0.1, -0.05) is 13.3 Å². The first-order chi connectivity index (χ1) is 8.67. The smallest absolute Gasteiger partial charge is 0.157 e. The summed E-state index contributed by atoms with van der Waals surface area (Å²) in [7, 11) is 0. The minimum atomic E-state index is -0.0888. The Labute approximate surface area is 112 Å². The molecule has 0 fully saturated rings. The first kappa shape index (κ1) is 13.5. The summed E-state index contributed by atoms with van der Waals surface area (Å²) in [5, 5.41) is 19.3. The fraction of sp³-hybridized carbons (Fsp3) is 0.571. The van der Waals surface area contributed by atoms with Crippen LogP contribution in [0.4, 0.5) is 0 Å². The van der Waals surface area contributed by atoms with Crippen LogP contribution in [-0.2, 0) is 4.74 Å². The molecule has 1 aromatic rings. The van der Waals surface area contributed by atoms with Gasteiger partial charge in [-0.25, -0.2) is 0 Å². The molecule has 18 heavy (non-hydrogen) atoms. The molecule has 1 aliphatic rings. The van der Waals surface area contributed by atoms with Crippen molar-refractivity contribution < 1.29 is 14.9 Å². The maximum Gasteiger partial charge on any atom is 0.157 e. The average molecular weight is 271 g/mol. The van der Waals surface area contributed by atoms with Crippen LogP contribution in [0.3, 0.4) is 0 Å². The second kappa shape index (κ2) is 5.81. The van der Waals surface area contributed by atoms with Gasteiger partial charge in [0.1, 0.15) is 0 Å². The van der Waals surface area contributed by atoms with Crippen molar-refractivity contribution in [1.29, 1.82) is 0 Å². The van der Waals surface area contributed by atoms with Crippen LogP contribution in [0.5, 0.6) is 11.5 Å². The summed E-state index contributed by atoms with van der Waals surface area (Å²) in [4.78, 5) is 0. The van der Waals surface area contributed by atoms with Crippen molar-refractivity contribution in [3.8, 4) is 11.5 Å². The fourth-order valence-electron chi connectivity index (χ4n) is 2.58. The summed E-state index contributed by atoms with van der Waals surface area (Å²) < 4.78 is 5.83. The molecule has 100 valence electrons. The molecule has 2 N–H and O–H groups in total. The molecule has 1 aliphatic heterocycles. The molecule has 2 rings (SSSR count). The number of fused-ring (bicyclic) bond motifs is 1. The molecule has 0 spiro atoms. The number of rotatable bonds is 4. The number of hydrogen-bond acceptors (Lipinski definition) is 3. The lowest BCUT2D eigenvalue weighted by atomic mass is 9.85. The van der Waals surface area contributed by atoms with Gasteiger partial charge in [0.2, 0.25) is 0 Å². The van der Waals surface area contributed by atoms with Gasteiger partial charge in [0.15, 0.2) is 11.5 Å². The summed E-state index contributed by atoms with van der Waals surface area (Å²) >= 11 is 5.78. The van der Waals surface area contributed by atoms with Gasteiger partial charge < -0.3 is 14.9 Å². The summed E-state index contributed by atoms with van der Waals surface area (Å²) in [6.45, 7) is 2.79. The van der Waals surface area contributed by atoms with Crippen LogP contribution >= 0.6 is 11.6 Å². The topological polar surface area (TPSA) is 49.7 Å². The van der Waals surface area contributed by atoms with Crippen molar-refractivity contribution in [3.05, 3.63) is 23.3 Å². The Kier molecular flexibility index (Phi) is 4.36. The van der Waals surface area contributed by atoms with Crippen molar-refractivity contribution in [3.63, 3.8) is 0 Å². The van der Waals surface area contributed by atoms with E-state index in [1.165, 1.54) is 0 Å². The van der Waals surface area contributed by atoms with Gasteiger partial charge in [0, 0.05) is 11.8 Å². The van der Waals surface area contributed by atoms with E-state index in [1.54, 1.807) is 12.1 Å². The number of phenols is 2. The highest BCUT2D eigenvalue weighted by atomic mass is 35.5. The molecule has 0 bridgehead atoms. The molecule has 4 heteroatoms. The average Bonchev–Trinajstić information content (AvgIpc) is 2.35. The van der Waals surface area contributed by atoms with E-state index in [0.717, 1.165) is 30.4 Å². The summed E-state index contributed by atoms with van der Waals surface area (Å²) in [5.74, 6) is 0.669. The summed E-state index contributed by atoms with van der Waals surface area (Å²) in [6, 6.07) is 3.29. The largest absolute Gasteiger partial charge is 0.504 e. The number of phenolic OH excluding ortho intramolecular Hbond substituents is 2. The van der Waals surface area contributed by atoms with E-state index in [-0.39, 0.29) is 17.6 Å². The van der Waals surface area contributed by atoms with Gasteiger partial charge in [-0.3, -0.25) is 0 Å². The number of alkyl halides is 1. The van der Waals surface area contributed by atoms with Gasteiger partial charge in [0.25, 0.3) is 0 Å². The van der Waals surface area contributed by atoms with Gasteiger partial charge in [0.05, 0.1) is 12.7 Å². The van der Waals surface area contributed by atoms with E-state index in [1.807, 2.05) is 0 Å². The third kappa shape index (κ3) is 2.57. The Morgan fingerprint density at radius 3 is 2.50 bits per heavy atom. The second-order valence-electron chi connectivity index (χ2n) is 4.76. The van der Waals surface area contributed by atoms with Crippen LogP contribution in [0.25, 0.3) is 0 Å². The zero-order chi connectivity index (χ0) is 13.1. The standard InChI is InChI=1S/C14H19ClO3/c1-2-3-9-8-18-14(4-5-15)11-7-13(17)12(16)6-10(9)11/h6-7,9,14,16-17H,2-5,8H2,1H3. The molecule has 2 unspecified atom stereocenters. The Bertz CT molecular complexity index is 381. The molecule has 0 saturated heterocycles. The van der Waals surface area contributed by atoms with E-state index in [2.05, 4.69) is 6.92 Å². The minimum absolute atomic E-state index is 0.0543. The Morgan fingerprint density at radius 1 is 1.22 bits per heavy atom. The Morgan fingerprint density at radius 2 is 1.89 bits per heavy atom. The predicted molar refractivity (Wildman–Crippen MR) is 71.5 cm³/mol. The van der Waals surface area contributed by atoms with E-state index in [4.69, 9.17) is 16.3 Å². The quantitative estimate of drug-likeness (QED) is 0.648. The van der Waals surface area contributed by atoms with Gasteiger partial charge >= 0.3 is 0 Å². The van der Waals surface area contributed by atoms with Crippen LogP contribution in [-0.4, -0.2) is 22.7 Å². The second-order valence-corrected chi connectivity index (χ2v) is 5.13. The lowest BCUT2D eigenvalue weighted by Crippen LogP contribution is -2.21. The third-order valence-corrected chi connectivity index (χ3v) is 3.69. The molecule has 2 atom stereocenters. The molecule has 3 nitrogen and oxygen atoms in total. The molecule has 0 aliphatic carbocycles. The van der Waals surface area contributed by atoms with Crippen molar-refractivity contribution in [2.75, 3.05) is 12.5 Å². The van der Waals surface area contributed by atoms with Crippen molar-refractivity contribution in [2.24, 2.45) is 0 Å². The van der Waals surface area contributed by atoms with E-state index >= 15 is 0 Å². The number of halogens is 1. The summed E-state index contributed by atoms with van der Waals surface area (Å²) in [6.07, 6.45) is 2.73. The monoisotopic (exact) mass is 270 g/mol. The maximum absolute atomic E-state index is 9.66. The van der Waals surface area contributed by atoms with Crippen LogP contribution < -0.4 is 0 Å². The SMILES string of the molecule is CCCC1COC(CCCl)c2cc(O)c(O)cc21. The molecule has 0 radical (unpaired) electrons. The zero-order valence-corrected chi connectivity index (χ0v) is 11.3. The van der Waals surface area contributed by atoms with Crippen molar-refractivity contribution >= 4 is 11.6 Å². The normalized spacial score (nSPS) is 22.8. The molecule has 0 saturated carbocycles. The van der Waals surface area contributed by atoms with E-state index in [0.29, 0.717) is 18.4 Å². The summed E-state index contributed by atoms with van der Waals surface area (Å²) in [5.41, 5.74) is 2.06. The van der Waals surface area contributed by atoms with E-state index in [9.17, 15) is 10.2 Å². The first-order valence-corrected chi connectivity index (χ1v) is 6.94. The first-order valence-electron chi connectivity index (χ1n) is 6.40. The van der Waals surface area contributed by atoms with Crippen molar-refractivity contribution in [1.82, 2.24) is 0 Å². The molecular weight excluding hydrogens is 252 g/mol. The lowest BCUT2D eigenvalue weighted by Gasteiger charge is -2.32. The number of ether oxygens (including phenoxy) is 1. The highest BCUT2D eigenvalue weighted by Gasteiger charge is 2.28. The van der Waals surface area contributed by atoms with Gasteiger partial charge in [-0.05, 0) is 36.1 Å². The minimum Gasteiger partial charge on any atom is -0.504 e. The highest BCUT2D eigenvalue weighted by molar-refractivity contribution is 6.17. The van der Waals surface area contributed by atoms with Crippen LogP contribution in [0.1, 0.15) is 49.3 Å². The van der Waals surface area contributed by atoms with Gasteiger partial charge in [-0.2, -0.15) is 0 Å². The lowest BCUT2D eigenvalue weighted by molar-refractivity contribution is 0.0239. The van der Waals surface area contributed by atoms with Crippen LogP contribution in [0.2, 0.25) is 0 Å². The van der Waals surface area contributed by atoms with Gasteiger partial charge in [-0.15, -0.1) is 11.6 Å². The number of hydrogen-bond donors (Lipinski definition) is 2. The van der Waals surface area contributed by atoms with E-state index < -0.39 is 0 Å². The van der Waals surface area contributed by atoms with Crippen LogP contribution in [0, 0.1) is 0 Å². The molecule has 0 amide bonds. The van der Waals surface area contributed by atoms with Crippen LogP contribution in [0.15, 0.2) is 12.1 Å². The maximum atomic E-state index is 9.66. The van der Waals surface area contributed by atoms with Crippen molar-refractivity contribution in [2.45, 2.75) is 38.2 Å². The third-order valence-electron chi connectivity index (χ3n) is 3.47. The zero-order valence-electron chi connectivity index (χ0n) is 10.5. The Balaban J connectivity index is 2.39. The molecule has 1 heterocycles. The number of benzene rings is 1. The predicted octanol–water partition coefficient (Wildman–Crippen LogP) is 3.68. The highest BCUT2D eigenvalue weighted by Crippen LogP contribution is 2.42. The fourth-order valence-corrected chi connectivity index (χ4v) is 2.78. The Hall–Kier alpha value is -0.930. The molecule has 0 aromatic heterocycles. The molecular formula is C14H19ClO3. The molecule has 1 aromatic carbocycles.